The average Bonchev–Trinajstić information content (AvgIpc) is 2.82. The molecule has 0 aliphatic carbocycles. The lowest BCUT2D eigenvalue weighted by atomic mass is 10.2. The average molecular weight is 417 g/mol. The lowest BCUT2D eigenvalue weighted by Crippen LogP contribution is -2.35. The van der Waals surface area contributed by atoms with E-state index in [2.05, 4.69) is 15.8 Å². The number of hydrogen-bond acceptors (Lipinski definition) is 5. The molecule has 3 aromatic rings. The van der Waals surface area contributed by atoms with E-state index in [4.69, 9.17) is 9.47 Å². The normalized spacial score (nSPS) is 10.5. The summed E-state index contributed by atoms with van der Waals surface area (Å²) in [6, 6.07) is 24.0. The highest BCUT2D eigenvalue weighted by molar-refractivity contribution is 5.98. The summed E-state index contributed by atoms with van der Waals surface area (Å²) in [7, 11) is 1.48. The lowest BCUT2D eigenvalue weighted by Gasteiger charge is -2.08. The first-order valence-electron chi connectivity index (χ1n) is 9.65. The van der Waals surface area contributed by atoms with Crippen molar-refractivity contribution in [3.8, 4) is 11.5 Å². The SMILES string of the molecule is COc1ccccc1C(=O)NCC(=O)NN=Cc1ccc(OCc2ccccc2)cc1. The number of amides is 2. The van der Waals surface area contributed by atoms with E-state index in [1.54, 1.807) is 24.3 Å². The van der Waals surface area contributed by atoms with Gasteiger partial charge in [-0.2, -0.15) is 5.10 Å². The molecule has 0 fully saturated rings. The van der Waals surface area contributed by atoms with Gasteiger partial charge in [-0.1, -0.05) is 42.5 Å². The van der Waals surface area contributed by atoms with Crippen LogP contribution in [0, 0.1) is 0 Å². The van der Waals surface area contributed by atoms with Gasteiger partial charge in [0.2, 0.25) is 0 Å². The van der Waals surface area contributed by atoms with Gasteiger partial charge in [0.05, 0.1) is 25.4 Å². The molecule has 0 saturated carbocycles. The van der Waals surface area contributed by atoms with E-state index in [9.17, 15) is 9.59 Å². The number of carbonyl (C=O) groups excluding carboxylic acids is 2. The highest BCUT2D eigenvalue weighted by Gasteiger charge is 2.12. The van der Waals surface area contributed by atoms with Crippen LogP contribution in [0.1, 0.15) is 21.5 Å². The molecule has 0 spiro atoms. The Kier molecular flexibility index (Phi) is 7.77. The summed E-state index contributed by atoms with van der Waals surface area (Å²) >= 11 is 0. The molecule has 158 valence electrons. The zero-order valence-corrected chi connectivity index (χ0v) is 17.1. The van der Waals surface area contributed by atoms with Crippen molar-refractivity contribution in [1.29, 1.82) is 0 Å². The molecule has 0 bridgehead atoms. The quantitative estimate of drug-likeness (QED) is 0.413. The second-order valence-electron chi connectivity index (χ2n) is 6.52. The fraction of sp³-hybridized carbons (Fsp3) is 0.125. The van der Waals surface area contributed by atoms with Crippen LogP contribution >= 0.6 is 0 Å². The van der Waals surface area contributed by atoms with Crippen LogP contribution in [-0.2, 0) is 11.4 Å². The van der Waals surface area contributed by atoms with Crippen LogP contribution in [-0.4, -0.2) is 31.7 Å². The van der Waals surface area contributed by atoms with E-state index in [-0.39, 0.29) is 6.54 Å². The maximum atomic E-state index is 12.2. The van der Waals surface area contributed by atoms with E-state index in [1.807, 2.05) is 54.6 Å². The Labute approximate surface area is 180 Å². The fourth-order valence-corrected chi connectivity index (χ4v) is 2.70. The van der Waals surface area contributed by atoms with Gasteiger partial charge in [-0.15, -0.1) is 0 Å². The molecular weight excluding hydrogens is 394 g/mol. The third kappa shape index (κ3) is 6.71. The monoisotopic (exact) mass is 417 g/mol. The number of ether oxygens (including phenoxy) is 2. The zero-order valence-electron chi connectivity index (χ0n) is 17.1. The van der Waals surface area contributed by atoms with Crippen LogP contribution in [0.4, 0.5) is 0 Å². The Balaban J connectivity index is 1.42. The van der Waals surface area contributed by atoms with E-state index in [1.165, 1.54) is 13.3 Å². The first-order chi connectivity index (χ1) is 15.2. The van der Waals surface area contributed by atoms with E-state index >= 15 is 0 Å². The van der Waals surface area contributed by atoms with Gasteiger partial charge < -0.3 is 14.8 Å². The maximum absolute atomic E-state index is 12.2. The van der Waals surface area contributed by atoms with Gasteiger partial charge in [0, 0.05) is 0 Å². The standard InChI is InChI=1S/C24H23N3O4/c1-30-22-10-6-5-9-21(22)24(29)25-16-23(28)27-26-15-18-11-13-20(14-12-18)31-17-19-7-3-2-4-8-19/h2-15H,16-17H2,1H3,(H,25,29)(H,27,28). The first-order valence-corrected chi connectivity index (χ1v) is 9.65. The van der Waals surface area contributed by atoms with Crippen molar-refractivity contribution in [2.75, 3.05) is 13.7 Å². The van der Waals surface area contributed by atoms with Gasteiger partial charge in [0.15, 0.2) is 0 Å². The molecule has 2 amide bonds. The molecule has 7 nitrogen and oxygen atoms in total. The Morgan fingerprint density at radius 2 is 1.65 bits per heavy atom. The molecule has 0 atom stereocenters. The van der Waals surface area contributed by atoms with Crippen LogP contribution in [0.15, 0.2) is 84.0 Å². The third-order valence-corrected chi connectivity index (χ3v) is 4.29. The molecule has 7 heteroatoms. The number of hydrazone groups is 1. The van der Waals surface area contributed by atoms with Gasteiger partial charge in [-0.3, -0.25) is 9.59 Å². The predicted octanol–water partition coefficient (Wildman–Crippen LogP) is 3.15. The largest absolute Gasteiger partial charge is 0.496 e. The highest BCUT2D eigenvalue weighted by Crippen LogP contribution is 2.16. The summed E-state index contributed by atoms with van der Waals surface area (Å²) in [4.78, 5) is 24.1. The molecule has 3 rings (SSSR count). The van der Waals surface area contributed by atoms with Crippen LogP contribution in [0.25, 0.3) is 0 Å². The number of nitrogens with one attached hydrogen (secondary N) is 2. The molecule has 0 aliphatic rings. The van der Waals surface area contributed by atoms with E-state index in [0.717, 1.165) is 16.9 Å². The summed E-state index contributed by atoms with van der Waals surface area (Å²) < 4.78 is 10.9. The van der Waals surface area contributed by atoms with Crippen molar-refractivity contribution in [2.24, 2.45) is 5.10 Å². The fourth-order valence-electron chi connectivity index (χ4n) is 2.70. The molecule has 3 aromatic carbocycles. The number of rotatable bonds is 9. The van der Waals surface area contributed by atoms with Crippen LogP contribution in [0.3, 0.4) is 0 Å². The number of hydrogen-bond donors (Lipinski definition) is 2. The molecule has 31 heavy (non-hydrogen) atoms. The van der Waals surface area contributed by atoms with Gasteiger partial charge in [0.1, 0.15) is 18.1 Å². The molecule has 0 aliphatic heterocycles. The van der Waals surface area contributed by atoms with Crippen molar-refractivity contribution in [1.82, 2.24) is 10.7 Å². The second-order valence-corrected chi connectivity index (χ2v) is 6.52. The minimum absolute atomic E-state index is 0.208. The Bertz CT molecular complexity index is 1030. The van der Waals surface area contributed by atoms with Gasteiger partial charge in [-0.05, 0) is 47.5 Å². The minimum Gasteiger partial charge on any atom is -0.496 e. The van der Waals surface area contributed by atoms with Crippen LogP contribution < -0.4 is 20.2 Å². The summed E-state index contributed by atoms with van der Waals surface area (Å²) in [6.45, 7) is 0.283. The van der Waals surface area contributed by atoms with Crippen LogP contribution in [0.5, 0.6) is 11.5 Å². The van der Waals surface area contributed by atoms with Gasteiger partial charge in [-0.25, -0.2) is 5.43 Å². The number of benzene rings is 3. The Morgan fingerprint density at radius 1 is 0.935 bits per heavy atom. The topological polar surface area (TPSA) is 89.0 Å². The van der Waals surface area contributed by atoms with Crippen molar-refractivity contribution in [2.45, 2.75) is 6.61 Å². The Morgan fingerprint density at radius 3 is 2.39 bits per heavy atom. The molecule has 2 N–H and O–H groups in total. The Hall–Kier alpha value is -4.13. The lowest BCUT2D eigenvalue weighted by molar-refractivity contribution is -0.120. The molecule has 0 aromatic heterocycles. The van der Waals surface area contributed by atoms with E-state index < -0.39 is 11.8 Å². The van der Waals surface area contributed by atoms with Crippen molar-refractivity contribution < 1.29 is 19.1 Å². The number of methoxy groups -OCH3 is 1. The second kappa shape index (κ2) is 11.2. The summed E-state index contributed by atoms with van der Waals surface area (Å²) in [5.74, 6) is 0.337. The molecule has 0 heterocycles. The number of carbonyl (C=O) groups is 2. The number of nitrogens with zero attached hydrogens (tertiary/aromatic N) is 1. The van der Waals surface area contributed by atoms with Crippen molar-refractivity contribution in [3.05, 3.63) is 95.6 Å². The van der Waals surface area contributed by atoms with Crippen molar-refractivity contribution in [3.63, 3.8) is 0 Å². The smallest absolute Gasteiger partial charge is 0.259 e. The first kappa shape index (κ1) is 21.6. The third-order valence-electron chi connectivity index (χ3n) is 4.29. The molecule has 0 saturated heterocycles. The predicted molar refractivity (Wildman–Crippen MR) is 118 cm³/mol. The van der Waals surface area contributed by atoms with Gasteiger partial charge in [0.25, 0.3) is 11.8 Å². The van der Waals surface area contributed by atoms with E-state index in [0.29, 0.717) is 17.9 Å². The molecule has 0 radical (unpaired) electrons. The summed E-state index contributed by atoms with van der Waals surface area (Å²) in [5.41, 5.74) is 4.63. The van der Waals surface area contributed by atoms with Crippen LogP contribution in [0.2, 0.25) is 0 Å². The maximum Gasteiger partial charge on any atom is 0.259 e. The van der Waals surface area contributed by atoms with Crippen molar-refractivity contribution >= 4 is 18.0 Å². The van der Waals surface area contributed by atoms with Gasteiger partial charge >= 0.3 is 0 Å². The minimum atomic E-state index is -0.442. The summed E-state index contributed by atoms with van der Waals surface area (Å²) in [6.07, 6.45) is 1.51. The molecule has 0 unspecified atom stereocenters. The highest BCUT2D eigenvalue weighted by atomic mass is 16.5. The number of para-hydroxylation sites is 1. The summed E-state index contributed by atoms with van der Waals surface area (Å²) in [5, 5.41) is 6.44. The molecular formula is C24H23N3O4. The zero-order chi connectivity index (χ0) is 21.9.